The molecule has 0 aliphatic rings. The molecule has 5 heteroatoms. The van der Waals surface area contributed by atoms with E-state index < -0.39 is 0 Å². The van der Waals surface area contributed by atoms with E-state index in [0.717, 1.165) is 52.9 Å². The van der Waals surface area contributed by atoms with Crippen molar-refractivity contribution in [2.24, 2.45) is 0 Å². The normalized spacial score (nSPS) is 8.81. The number of methoxy groups -OCH3 is 1. The van der Waals surface area contributed by atoms with Crippen molar-refractivity contribution in [3.8, 4) is 12.3 Å². The Morgan fingerprint density at radius 3 is 2.09 bits per heavy atom. The second kappa shape index (κ2) is 20.5. The maximum absolute atomic E-state index is 13.4. The molecule has 0 aliphatic heterocycles. The number of allylic oxidation sites excluding steroid dienone is 2. The molecule has 0 N–H and O–H groups in total. The highest BCUT2D eigenvalue weighted by Gasteiger charge is 2.23. The van der Waals surface area contributed by atoms with Gasteiger partial charge < -0.3 is 9.30 Å². The molecular weight excluding hydrogens is 530 g/mol. The van der Waals surface area contributed by atoms with Crippen molar-refractivity contribution in [1.82, 2.24) is 9.55 Å². The van der Waals surface area contributed by atoms with Gasteiger partial charge in [-0.05, 0) is 73.0 Å². The van der Waals surface area contributed by atoms with Gasteiger partial charge in [0.2, 0.25) is 5.91 Å². The molecule has 0 spiro atoms. The lowest BCUT2D eigenvalue weighted by atomic mass is 10.0. The van der Waals surface area contributed by atoms with Crippen molar-refractivity contribution in [1.29, 1.82) is 0 Å². The van der Waals surface area contributed by atoms with E-state index in [4.69, 9.17) is 16.1 Å². The molecule has 0 saturated heterocycles. The van der Waals surface area contributed by atoms with Crippen LogP contribution in [0.5, 0.6) is 0 Å². The van der Waals surface area contributed by atoms with Gasteiger partial charge in [0.1, 0.15) is 19.1 Å². The molecule has 0 aliphatic carbocycles. The number of hydrogen-bond donors (Lipinski definition) is 0. The zero-order chi connectivity index (χ0) is 32.0. The zero-order valence-corrected chi connectivity index (χ0v) is 25.7. The van der Waals surface area contributed by atoms with Crippen molar-refractivity contribution < 1.29 is 9.53 Å². The summed E-state index contributed by atoms with van der Waals surface area (Å²) in [7, 11) is 1.63. The lowest BCUT2D eigenvalue weighted by Crippen LogP contribution is -2.37. The van der Waals surface area contributed by atoms with Crippen LogP contribution >= 0.6 is 0 Å². The van der Waals surface area contributed by atoms with Crippen LogP contribution < -0.4 is 4.90 Å². The van der Waals surface area contributed by atoms with Crippen LogP contribution in [-0.4, -0.2) is 29.3 Å². The number of rotatable bonds is 9. The van der Waals surface area contributed by atoms with Crippen molar-refractivity contribution >= 4 is 22.6 Å². The molecule has 0 unspecified atom stereocenters. The summed E-state index contributed by atoms with van der Waals surface area (Å²) in [4.78, 5) is 19.9. The number of benzene rings is 2. The highest BCUT2D eigenvalue weighted by molar-refractivity contribution is 5.95. The Balaban J connectivity index is 0.000000509. The second-order valence-electron chi connectivity index (χ2n) is 8.69. The van der Waals surface area contributed by atoms with E-state index in [1.807, 2.05) is 28.8 Å². The van der Waals surface area contributed by atoms with Crippen LogP contribution in [0.15, 0.2) is 121 Å². The minimum absolute atomic E-state index is 0.00954. The van der Waals surface area contributed by atoms with Crippen LogP contribution in [0.1, 0.15) is 37.7 Å². The molecule has 3 aromatic rings. The van der Waals surface area contributed by atoms with Crippen molar-refractivity contribution in [2.75, 3.05) is 18.7 Å². The van der Waals surface area contributed by atoms with Crippen LogP contribution in [0.2, 0.25) is 0 Å². The SMILES string of the molecule is C#CC(=C)C=C=C=C.C=C=C=C=C=C=C.CCc1cccc(CC)c1N(COC)C(=O)Cn1c(CC)nc2ccccc21. The third-order valence-electron chi connectivity index (χ3n) is 5.97. The highest BCUT2D eigenvalue weighted by atomic mass is 16.5. The first-order valence-electron chi connectivity index (χ1n) is 13.8. The molecular formula is C38H39N3O2. The number of aromatic nitrogens is 2. The fourth-order valence-corrected chi connectivity index (χ4v) is 4.04. The minimum atomic E-state index is 0.00954. The molecule has 0 radical (unpaired) electrons. The number of imidazole rings is 1. The minimum Gasteiger partial charge on any atom is -0.364 e. The monoisotopic (exact) mass is 569 g/mol. The molecule has 3 rings (SSSR count). The third-order valence-corrected chi connectivity index (χ3v) is 5.97. The summed E-state index contributed by atoms with van der Waals surface area (Å²) >= 11 is 0. The summed E-state index contributed by atoms with van der Waals surface area (Å²) in [5.41, 5.74) is 22.8. The number of ether oxygens (including phenoxy) is 1. The Labute approximate surface area is 256 Å². The zero-order valence-electron chi connectivity index (χ0n) is 25.7. The number of carbonyl (C=O) groups is 1. The van der Waals surface area contributed by atoms with Gasteiger partial charge >= 0.3 is 0 Å². The van der Waals surface area contributed by atoms with Gasteiger partial charge in [0.05, 0.1) is 16.7 Å². The predicted molar refractivity (Wildman–Crippen MR) is 178 cm³/mol. The number of carbonyl (C=O) groups excluding carboxylic acids is 1. The van der Waals surface area contributed by atoms with E-state index >= 15 is 0 Å². The smallest absolute Gasteiger partial charge is 0.248 e. The summed E-state index contributed by atoms with van der Waals surface area (Å²) in [6.07, 6.45) is 9.00. The summed E-state index contributed by atoms with van der Waals surface area (Å²) in [6, 6.07) is 14.2. The average molecular weight is 570 g/mol. The molecule has 1 amide bonds. The number of nitrogens with zero attached hydrogens (tertiary/aromatic N) is 3. The van der Waals surface area contributed by atoms with E-state index in [1.165, 1.54) is 0 Å². The van der Waals surface area contributed by atoms with Crippen LogP contribution in [0.4, 0.5) is 5.69 Å². The standard InChI is InChI=1S/C23H29N3O2.C8H6.C7H4/c1-5-17-11-10-12-18(6-2)23(17)26(16-28-4)22(27)15-25-20-14-9-8-13-19(20)24-21(25)7-3;1-4-6-7-8(3)5-2;1-3-5-7-6-4-2/h8-14H,5-7,15-16H2,1-4H3;2,7H,1,3H2;1-2H2. The third kappa shape index (κ3) is 11.2. The van der Waals surface area contributed by atoms with Crippen LogP contribution in [0.25, 0.3) is 11.0 Å². The summed E-state index contributed by atoms with van der Waals surface area (Å²) in [6.45, 7) is 20.0. The van der Waals surface area contributed by atoms with Gasteiger partial charge in [0.15, 0.2) is 0 Å². The Morgan fingerprint density at radius 2 is 1.58 bits per heavy atom. The summed E-state index contributed by atoms with van der Waals surface area (Å²) < 4.78 is 7.45. The van der Waals surface area contributed by atoms with E-state index in [0.29, 0.717) is 5.57 Å². The number of aryl methyl sites for hydroxylation is 3. The maximum atomic E-state index is 13.4. The first-order chi connectivity index (χ1) is 20.9. The van der Waals surface area contributed by atoms with Gasteiger partial charge in [0.25, 0.3) is 0 Å². The molecule has 5 nitrogen and oxygen atoms in total. The number of hydrogen-bond acceptors (Lipinski definition) is 3. The molecule has 2 aromatic carbocycles. The number of amides is 1. The quantitative estimate of drug-likeness (QED) is 0.115. The van der Waals surface area contributed by atoms with Gasteiger partial charge in [-0.15, -0.1) is 6.42 Å². The number of terminal acetylenes is 1. The van der Waals surface area contributed by atoms with Crippen LogP contribution in [0.3, 0.4) is 0 Å². The number of para-hydroxylation sites is 3. The summed E-state index contributed by atoms with van der Waals surface area (Å²) in [5, 5.41) is 0. The second-order valence-corrected chi connectivity index (χ2v) is 8.69. The van der Waals surface area contributed by atoms with Gasteiger partial charge in [-0.3, -0.25) is 9.69 Å². The Kier molecular flexibility index (Phi) is 16.9. The topological polar surface area (TPSA) is 47.4 Å². The molecule has 43 heavy (non-hydrogen) atoms. The average Bonchev–Trinajstić information content (AvgIpc) is 3.40. The van der Waals surface area contributed by atoms with Gasteiger partial charge in [-0.2, -0.15) is 0 Å². The predicted octanol–water partition coefficient (Wildman–Crippen LogP) is 7.61. The van der Waals surface area contributed by atoms with Crippen LogP contribution in [-0.2, 0) is 35.3 Å². The Hall–Kier alpha value is -5.42. The lowest BCUT2D eigenvalue weighted by molar-refractivity contribution is -0.120. The fraction of sp³-hybridized carbons (Fsp3) is 0.237. The van der Waals surface area contributed by atoms with Gasteiger partial charge in [-0.25, -0.2) is 4.98 Å². The number of fused-ring (bicyclic) bond motifs is 1. The van der Waals surface area contributed by atoms with E-state index in [1.54, 1.807) is 18.1 Å². The molecule has 0 fully saturated rings. The Bertz CT molecular complexity index is 1680. The van der Waals surface area contributed by atoms with Crippen molar-refractivity contribution in [3.63, 3.8) is 0 Å². The molecule has 0 bridgehead atoms. The van der Waals surface area contributed by atoms with Crippen molar-refractivity contribution in [2.45, 2.75) is 46.6 Å². The molecule has 0 saturated carbocycles. The highest BCUT2D eigenvalue weighted by Crippen LogP contribution is 2.28. The van der Waals surface area contributed by atoms with Gasteiger partial charge in [-0.1, -0.05) is 86.5 Å². The van der Waals surface area contributed by atoms with Crippen molar-refractivity contribution in [3.05, 3.63) is 137 Å². The molecule has 218 valence electrons. The number of anilines is 1. The van der Waals surface area contributed by atoms with E-state index in [-0.39, 0.29) is 19.2 Å². The first kappa shape index (κ1) is 35.6. The molecule has 1 heterocycles. The lowest BCUT2D eigenvalue weighted by Gasteiger charge is -2.27. The summed E-state index contributed by atoms with van der Waals surface area (Å²) in [5.74, 6) is 3.25. The largest absolute Gasteiger partial charge is 0.364 e. The molecule has 1 aromatic heterocycles. The fourth-order valence-electron chi connectivity index (χ4n) is 4.04. The van der Waals surface area contributed by atoms with E-state index in [2.05, 4.69) is 111 Å². The Morgan fingerprint density at radius 1 is 0.953 bits per heavy atom. The van der Waals surface area contributed by atoms with E-state index in [9.17, 15) is 4.79 Å². The molecule has 0 atom stereocenters. The van der Waals surface area contributed by atoms with Gasteiger partial charge in [0, 0.05) is 25.2 Å². The maximum Gasteiger partial charge on any atom is 0.248 e. The first-order valence-corrected chi connectivity index (χ1v) is 13.8. The van der Waals surface area contributed by atoms with Crippen LogP contribution in [0, 0.1) is 12.3 Å².